The van der Waals surface area contributed by atoms with E-state index in [9.17, 15) is 4.79 Å². The molecule has 1 amide bonds. The number of anilines is 1. The Kier molecular flexibility index (Phi) is 6.13. The minimum absolute atomic E-state index is 0.231. The second-order valence-electron chi connectivity index (χ2n) is 6.79. The lowest BCUT2D eigenvalue weighted by Gasteiger charge is -2.08. The molecule has 0 bridgehead atoms. The molecule has 4 rings (SSSR count). The zero-order valence-corrected chi connectivity index (χ0v) is 17.8. The highest BCUT2D eigenvalue weighted by molar-refractivity contribution is 7.09. The van der Waals surface area contributed by atoms with Crippen LogP contribution in [-0.4, -0.2) is 31.1 Å². The van der Waals surface area contributed by atoms with Crippen LogP contribution in [0.15, 0.2) is 60.2 Å². The number of carbonyl (C=O) groups excluding carboxylic acids is 1. The Bertz CT molecular complexity index is 1200. The molecule has 0 radical (unpaired) electrons. The Morgan fingerprint density at radius 2 is 2.03 bits per heavy atom. The van der Waals surface area contributed by atoms with Crippen LogP contribution in [0.25, 0.3) is 11.8 Å². The van der Waals surface area contributed by atoms with Gasteiger partial charge in [-0.1, -0.05) is 18.2 Å². The summed E-state index contributed by atoms with van der Waals surface area (Å²) in [6.07, 6.45) is 4.75. The van der Waals surface area contributed by atoms with Gasteiger partial charge in [0.25, 0.3) is 0 Å². The molecular formula is C22H20N6O2S. The zero-order valence-electron chi connectivity index (χ0n) is 17.0. The van der Waals surface area contributed by atoms with Crippen molar-refractivity contribution >= 4 is 29.0 Å². The highest BCUT2D eigenvalue weighted by atomic mass is 32.1. The summed E-state index contributed by atoms with van der Waals surface area (Å²) in [5, 5.41) is 17.1. The van der Waals surface area contributed by atoms with Crippen LogP contribution in [0.4, 0.5) is 5.69 Å². The number of nitrogens with zero attached hydrogens (tertiary/aromatic N) is 5. The van der Waals surface area contributed by atoms with Crippen LogP contribution < -0.4 is 10.1 Å². The van der Waals surface area contributed by atoms with Crippen molar-refractivity contribution in [1.82, 2.24) is 25.2 Å². The van der Waals surface area contributed by atoms with Crippen molar-refractivity contribution in [2.45, 2.75) is 20.5 Å². The normalized spacial score (nSPS) is 11.0. The lowest BCUT2D eigenvalue weighted by Crippen LogP contribution is -2.09. The van der Waals surface area contributed by atoms with Crippen molar-refractivity contribution in [3.05, 3.63) is 82.1 Å². The first-order chi connectivity index (χ1) is 15.1. The molecule has 0 saturated carbocycles. The van der Waals surface area contributed by atoms with E-state index in [1.165, 1.54) is 12.4 Å². The smallest absolute Gasteiger partial charge is 0.248 e. The zero-order chi connectivity index (χ0) is 21.6. The van der Waals surface area contributed by atoms with Crippen LogP contribution in [0.5, 0.6) is 5.75 Å². The fourth-order valence-electron chi connectivity index (χ4n) is 2.87. The van der Waals surface area contributed by atoms with Crippen LogP contribution >= 0.6 is 11.3 Å². The van der Waals surface area contributed by atoms with Crippen molar-refractivity contribution in [3.63, 3.8) is 0 Å². The summed E-state index contributed by atoms with van der Waals surface area (Å²) < 4.78 is 7.30. The molecular weight excluding hydrogens is 412 g/mol. The lowest BCUT2D eigenvalue weighted by atomic mass is 10.1. The van der Waals surface area contributed by atoms with Crippen molar-refractivity contribution < 1.29 is 9.53 Å². The minimum atomic E-state index is -0.231. The second-order valence-corrected chi connectivity index (χ2v) is 7.86. The molecule has 156 valence electrons. The maximum Gasteiger partial charge on any atom is 0.248 e. The molecule has 0 aliphatic heterocycles. The third-order valence-corrected chi connectivity index (χ3v) is 5.26. The summed E-state index contributed by atoms with van der Waals surface area (Å²) in [6, 6.07) is 13.1. The predicted octanol–water partition coefficient (Wildman–Crippen LogP) is 3.97. The fraction of sp³-hybridized carbons (Fsp3) is 0.136. The SMILES string of the molecule is Cc1nc(COc2ccc(/C=C/C(=O)Nc3ccc(C)c(-n4cnnn4)c3)cc2)cs1. The van der Waals surface area contributed by atoms with E-state index in [-0.39, 0.29) is 5.91 Å². The van der Waals surface area contributed by atoms with Crippen molar-refractivity contribution in [2.75, 3.05) is 5.32 Å². The molecule has 0 atom stereocenters. The van der Waals surface area contributed by atoms with Gasteiger partial charge >= 0.3 is 0 Å². The first kappa shape index (κ1) is 20.4. The van der Waals surface area contributed by atoms with Crippen LogP contribution in [0.2, 0.25) is 0 Å². The van der Waals surface area contributed by atoms with E-state index in [1.807, 2.05) is 61.7 Å². The maximum atomic E-state index is 12.3. The summed E-state index contributed by atoms with van der Waals surface area (Å²) in [6.45, 7) is 4.36. The number of tetrazole rings is 1. The van der Waals surface area contributed by atoms with Gasteiger partial charge in [-0.3, -0.25) is 4.79 Å². The monoisotopic (exact) mass is 432 g/mol. The van der Waals surface area contributed by atoms with Gasteiger partial charge < -0.3 is 10.1 Å². The lowest BCUT2D eigenvalue weighted by molar-refractivity contribution is -0.111. The number of benzene rings is 2. The van der Waals surface area contributed by atoms with Gasteiger partial charge in [0.2, 0.25) is 5.91 Å². The molecule has 1 N–H and O–H groups in total. The fourth-order valence-corrected chi connectivity index (χ4v) is 3.47. The number of hydrogen-bond donors (Lipinski definition) is 1. The van der Waals surface area contributed by atoms with E-state index in [4.69, 9.17) is 4.74 Å². The molecule has 0 aliphatic carbocycles. The number of hydrogen-bond acceptors (Lipinski definition) is 7. The van der Waals surface area contributed by atoms with Crippen molar-refractivity contribution in [2.24, 2.45) is 0 Å². The highest BCUT2D eigenvalue weighted by Gasteiger charge is 2.06. The molecule has 0 spiro atoms. The number of ether oxygens (including phenoxy) is 1. The van der Waals surface area contributed by atoms with E-state index in [2.05, 4.69) is 25.8 Å². The number of rotatable bonds is 7. The van der Waals surface area contributed by atoms with E-state index in [1.54, 1.807) is 22.1 Å². The Balaban J connectivity index is 1.34. The number of aromatic nitrogens is 5. The summed E-state index contributed by atoms with van der Waals surface area (Å²) in [5.74, 6) is 0.521. The van der Waals surface area contributed by atoms with Crippen LogP contribution in [0, 0.1) is 13.8 Å². The molecule has 31 heavy (non-hydrogen) atoms. The number of carbonyl (C=O) groups is 1. The quantitative estimate of drug-likeness (QED) is 0.444. The van der Waals surface area contributed by atoms with Gasteiger partial charge in [-0.05, 0) is 65.7 Å². The van der Waals surface area contributed by atoms with Gasteiger partial charge in [0.05, 0.1) is 16.4 Å². The van der Waals surface area contributed by atoms with E-state index in [0.29, 0.717) is 12.3 Å². The summed E-state index contributed by atoms with van der Waals surface area (Å²) in [7, 11) is 0. The molecule has 8 nitrogen and oxygen atoms in total. The average Bonchev–Trinajstić information content (AvgIpc) is 3.45. The van der Waals surface area contributed by atoms with Gasteiger partial charge in [-0.25, -0.2) is 9.67 Å². The molecule has 2 aromatic carbocycles. The molecule has 4 aromatic rings. The molecule has 0 unspecified atom stereocenters. The predicted molar refractivity (Wildman–Crippen MR) is 119 cm³/mol. The number of thiazole rings is 1. The largest absolute Gasteiger partial charge is 0.487 e. The molecule has 2 heterocycles. The van der Waals surface area contributed by atoms with E-state index < -0.39 is 0 Å². The van der Waals surface area contributed by atoms with Crippen LogP contribution in [0.1, 0.15) is 21.8 Å². The van der Waals surface area contributed by atoms with Crippen LogP contribution in [-0.2, 0) is 11.4 Å². The van der Waals surface area contributed by atoms with E-state index in [0.717, 1.165) is 33.3 Å². The Labute approximate surface area is 183 Å². The van der Waals surface area contributed by atoms with Gasteiger partial charge in [-0.2, -0.15) is 0 Å². The van der Waals surface area contributed by atoms with Gasteiger partial charge in [-0.15, -0.1) is 16.4 Å². The minimum Gasteiger partial charge on any atom is -0.487 e. The third-order valence-electron chi connectivity index (χ3n) is 4.43. The second kappa shape index (κ2) is 9.31. The molecule has 0 fully saturated rings. The van der Waals surface area contributed by atoms with Crippen LogP contribution in [0.3, 0.4) is 0 Å². The van der Waals surface area contributed by atoms with Crippen molar-refractivity contribution in [3.8, 4) is 11.4 Å². The number of nitrogens with one attached hydrogen (secondary N) is 1. The highest BCUT2D eigenvalue weighted by Crippen LogP contribution is 2.19. The standard InChI is InChI=1S/C22H20N6O2S/c1-15-3-7-18(11-21(15)28-14-23-26-27-28)25-22(29)10-6-17-4-8-20(9-5-17)30-12-19-13-31-16(2)24-19/h3-11,13-14H,12H2,1-2H3,(H,25,29)/b10-6+. The summed E-state index contributed by atoms with van der Waals surface area (Å²) in [5.41, 5.74) is 4.27. The number of amides is 1. The summed E-state index contributed by atoms with van der Waals surface area (Å²) in [4.78, 5) is 16.7. The molecule has 0 aliphatic rings. The molecule has 9 heteroatoms. The van der Waals surface area contributed by atoms with Crippen molar-refractivity contribution in [1.29, 1.82) is 0 Å². The Morgan fingerprint density at radius 1 is 1.19 bits per heavy atom. The molecule has 2 aromatic heterocycles. The maximum absolute atomic E-state index is 12.3. The molecule has 0 saturated heterocycles. The average molecular weight is 433 g/mol. The summed E-state index contributed by atoms with van der Waals surface area (Å²) >= 11 is 1.60. The Morgan fingerprint density at radius 3 is 2.74 bits per heavy atom. The number of aryl methyl sites for hydroxylation is 2. The Hall–Kier alpha value is -3.85. The third kappa shape index (κ3) is 5.40. The topological polar surface area (TPSA) is 94.8 Å². The first-order valence-electron chi connectivity index (χ1n) is 9.54. The van der Waals surface area contributed by atoms with Gasteiger partial charge in [0.15, 0.2) is 0 Å². The van der Waals surface area contributed by atoms with Gasteiger partial charge in [0, 0.05) is 17.1 Å². The first-order valence-corrected chi connectivity index (χ1v) is 10.4. The van der Waals surface area contributed by atoms with Gasteiger partial charge in [0.1, 0.15) is 18.7 Å². The van der Waals surface area contributed by atoms with E-state index >= 15 is 0 Å².